The van der Waals surface area contributed by atoms with Gasteiger partial charge in [0, 0.05) is 101 Å². The predicted octanol–water partition coefficient (Wildman–Crippen LogP) is 4.73. The number of hydrogen-bond donors (Lipinski definition) is 9. The first-order valence-corrected chi connectivity index (χ1v) is 39.5. The van der Waals surface area contributed by atoms with E-state index in [2.05, 4.69) is 53.5 Å². The molecule has 32 heteroatoms. The van der Waals surface area contributed by atoms with Crippen molar-refractivity contribution in [2.45, 2.75) is 193 Å². The number of aromatic hydroxyl groups is 1. The van der Waals surface area contributed by atoms with E-state index < -0.39 is 45.3 Å². The number of phenols is 1. The number of phenolic OH excluding ortho intramolecular Hbond substituents is 1. The molecule has 2 aromatic rings. The summed E-state index contributed by atoms with van der Waals surface area (Å²) >= 11 is 0. The normalized spacial score (nSPS) is 12.6. The van der Waals surface area contributed by atoms with Crippen LogP contribution in [0.15, 0.2) is 41.5 Å². The van der Waals surface area contributed by atoms with Crippen LogP contribution in [-0.4, -0.2) is 236 Å². The maximum absolute atomic E-state index is 13.6. The van der Waals surface area contributed by atoms with Gasteiger partial charge in [-0.15, -0.1) is 10.2 Å². The van der Waals surface area contributed by atoms with Gasteiger partial charge in [0.15, 0.2) is 27.4 Å². The van der Waals surface area contributed by atoms with E-state index in [1.165, 1.54) is 63.5 Å². The summed E-state index contributed by atoms with van der Waals surface area (Å²) in [6.45, 7) is 12.2. The molecule has 1 unspecified atom stereocenters. The molecule has 598 valence electrons. The highest BCUT2D eigenvalue weighted by molar-refractivity contribution is 7.92. The fourth-order valence-electron chi connectivity index (χ4n) is 11.1. The summed E-state index contributed by atoms with van der Waals surface area (Å²) in [4.78, 5) is 105. The summed E-state index contributed by atoms with van der Waals surface area (Å²) in [5.74, 6) is -4.04. The first-order valence-electron chi connectivity index (χ1n) is 37.7. The fraction of sp³-hybridized carbons (Fsp3) is 0.753. The molecule has 105 heavy (non-hydrogen) atoms. The number of H-pyrrole nitrogens is 1. The lowest BCUT2D eigenvalue weighted by Crippen LogP contribution is -2.49. The second-order valence-corrected chi connectivity index (χ2v) is 28.5. The number of aromatic amines is 1. The highest BCUT2D eigenvalue weighted by Gasteiger charge is 2.34. The summed E-state index contributed by atoms with van der Waals surface area (Å²) in [7, 11) is -3.54. The molecule has 4 amide bonds. The van der Waals surface area contributed by atoms with Gasteiger partial charge in [-0.05, 0) is 75.5 Å². The lowest BCUT2D eigenvalue weighted by Gasteiger charge is -2.26. The van der Waals surface area contributed by atoms with Gasteiger partial charge in [0.1, 0.15) is 54.7 Å². The van der Waals surface area contributed by atoms with E-state index in [0.717, 1.165) is 37.9 Å². The van der Waals surface area contributed by atoms with Crippen molar-refractivity contribution in [3.63, 3.8) is 0 Å². The standard InChI is InChI=1S/C73H126N12O19S/c1-57(70(92)59(3)65(28-19-35-80-73(75)76)72(94)81-66(71(74)93)51-60-30-32-62(87)33-31-60)23-17-18-34-78-68(90)54-104-49-45-100-41-37-79-69(91)55-103-48-43-98-39-21-26-63(88)53-102-47-44-99-40-36-77-58(2)52-101-46-42-97-38-20-25-61(86)27-22-50-105(95,96)56-64(89)24-15-13-11-9-7-5-4-6-8-10-12-14-16-29-67-82-84-85-83-67/h30-33,57,59,65-66,77,87H,2,4-29,34-56H2,1,3H3,(H2,74,93)(H,78,90)(H,79,91)(H,81,94)(H4,75,76,80)(H,82,83,84,85)/t57-,59?,65+,66-/m0/s1. The molecular formula is C73H126N12O19S. The minimum Gasteiger partial charge on any atom is -0.508 e. The van der Waals surface area contributed by atoms with Crippen molar-refractivity contribution < 1.29 is 89.8 Å². The van der Waals surface area contributed by atoms with E-state index >= 15 is 0 Å². The monoisotopic (exact) mass is 1510 g/mol. The molecule has 0 bridgehead atoms. The van der Waals surface area contributed by atoms with Crippen LogP contribution in [0, 0.1) is 17.8 Å². The Kier molecular flexibility index (Phi) is 55.7. The van der Waals surface area contributed by atoms with Crippen LogP contribution < -0.4 is 38.5 Å². The van der Waals surface area contributed by atoms with Crippen molar-refractivity contribution in [2.75, 3.05) is 143 Å². The Balaban J connectivity index is 1.32. The molecule has 0 aliphatic carbocycles. The molecule has 4 atom stereocenters. The highest BCUT2D eigenvalue weighted by Crippen LogP contribution is 2.25. The molecule has 0 spiro atoms. The minimum absolute atomic E-state index is 0.0283. The Labute approximate surface area is 621 Å². The summed E-state index contributed by atoms with van der Waals surface area (Å²) in [6.07, 6.45) is 20.6. The summed E-state index contributed by atoms with van der Waals surface area (Å²) < 4.78 is 68.9. The van der Waals surface area contributed by atoms with Gasteiger partial charge in [0.05, 0.1) is 78.4 Å². The molecule has 0 aliphatic heterocycles. The van der Waals surface area contributed by atoms with Gasteiger partial charge in [0.2, 0.25) is 23.6 Å². The number of hydrogen-bond acceptors (Lipinski definition) is 24. The van der Waals surface area contributed by atoms with Gasteiger partial charge < -0.3 is 81.5 Å². The molecule has 0 saturated carbocycles. The number of sulfone groups is 1. The molecule has 2 rings (SSSR count). The highest BCUT2D eigenvalue weighted by atomic mass is 32.2. The van der Waals surface area contributed by atoms with E-state index in [0.29, 0.717) is 122 Å². The smallest absolute Gasteiger partial charge is 0.246 e. The van der Waals surface area contributed by atoms with Gasteiger partial charge in [-0.2, -0.15) is 5.21 Å². The third-order valence-electron chi connectivity index (χ3n) is 17.0. The van der Waals surface area contributed by atoms with Crippen LogP contribution in [0.25, 0.3) is 0 Å². The number of nitrogens with zero attached hydrogens (tertiary/aromatic N) is 4. The number of ether oxygens (including phenoxy) is 8. The number of nitrogens with one attached hydrogen (secondary N) is 5. The Morgan fingerprint density at radius 2 is 1.05 bits per heavy atom. The number of guanidine groups is 1. The molecule has 31 nitrogen and oxygen atoms in total. The molecular weight excluding hydrogens is 1380 g/mol. The Morgan fingerprint density at radius 1 is 0.543 bits per heavy atom. The number of aryl methyl sites for hydroxylation is 1. The quantitative estimate of drug-likeness (QED) is 0.0245. The zero-order valence-electron chi connectivity index (χ0n) is 62.7. The lowest BCUT2D eigenvalue weighted by atomic mass is 9.80. The van der Waals surface area contributed by atoms with Gasteiger partial charge >= 0.3 is 0 Å². The maximum Gasteiger partial charge on any atom is 0.246 e. The number of benzene rings is 1. The molecule has 1 aromatic heterocycles. The number of amides is 4. The number of primary amides is 1. The zero-order valence-corrected chi connectivity index (χ0v) is 63.5. The van der Waals surface area contributed by atoms with Crippen molar-refractivity contribution in [3.8, 4) is 5.75 Å². The van der Waals surface area contributed by atoms with Crippen LogP contribution in [-0.2, 0) is 98.9 Å². The number of carbonyl (C=O) groups excluding carboxylic acids is 8. The number of rotatable bonds is 74. The second kappa shape index (κ2) is 62.2. The average molecular weight is 1510 g/mol. The van der Waals surface area contributed by atoms with Crippen molar-refractivity contribution >= 4 is 62.6 Å². The molecule has 1 heterocycles. The molecule has 1 aromatic carbocycles. The van der Waals surface area contributed by atoms with Gasteiger partial charge in [-0.3, -0.25) is 43.3 Å². The number of Topliss-reactive ketones (excluding diaryl/α,β-unsaturated/α-hetero) is 4. The largest absolute Gasteiger partial charge is 0.508 e. The van der Waals surface area contributed by atoms with Crippen LogP contribution in [0.3, 0.4) is 0 Å². The van der Waals surface area contributed by atoms with Crippen LogP contribution in [0.5, 0.6) is 5.75 Å². The van der Waals surface area contributed by atoms with Gasteiger partial charge in [-0.25, -0.2) is 8.42 Å². The summed E-state index contributed by atoms with van der Waals surface area (Å²) in [5.41, 5.74) is 17.9. The Morgan fingerprint density at radius 3 is 1.62 bits per heavy atom. The molecule has 0 radical (unpaired) electrons. The van der Waals surface area contributed by atoms with Crippen molar-refractivity contribution in [1.82, 2.24) is 41.9 Å². The van der Waals surface area contributed by atoms with E-state index in [-0.39, 0.29) is 170 Å². The second-order valence-electron chi connectivity index (χ2n) is 26.3. The third-order valence-corrected chi connectivity index (χ3v) is 18.6. The number of aromatic nitrogens is 4. The summed E-state index contributed by atoms with van der Waals surface area (Å²) in [5, 5.41) is 35.0. The number of aliphatic imine (C=N–C) groups is 1. The molecule has 0 fully saturated rings. The van der Waals surface area contributed by atoms with E-state index in [1.807, 2.05) is 0 Å². The van der Waals surface area contributed by atoms with Crippen LogP contribution in [0.2, 0.25) is 0 Å². The maximum atomic E-state index is 13.6. The van der Waals surface area contributed by atoms with Crippen molar-refractivity contribution in [1.29, 1.82) is 0 Å². The molecule has 0 saturated heterocycles. The third kappa shape index (κ3) is 54.4. The number of ketones is 4. The number of unbranched alkanes of at least 4 members (excludes halogenated alkanes) is 13. The van der Waals surface area contributed by atoms with Crippen LogP contribution in [0.1, 0.15) is 186 Å². The molecule has 12 N–H and O–H groups in total. The zero-order chi connectivity index (χ0) is 76.8. The Bertz CT molecular complexity index is 2840. The predicted molar refractivity (Wildman–Crippen MR) is 397 cm³/mol. The van der Waals surface area contributed by atoms with Crippen LogP contribution >= 0.6 is 0 Å². The van der Waals surface area contributed by atoms with Crippen molar-refractivity contribution in [2.24, 2.45) is 39.9 Å². The topological polar surface area (TPSA) is 458 Å². The van der Waals surface area contributed by atoms with Crippen LogP contribution in [0.4, 0.5) is 0 Å². The first-order chi connectivity index (χ1) is 50.6. The van der Waals surface area contributed by atoms with Gasteiger partial charge in [-0.1, -0.05) is 115 Å². The van der Waals surface area contributed by atoms with Gasteiger partial charge in [0.25, 0.3) is 0 Å². The number of nitrogens with two attached hydrogens (primary N) is 3. The minimum atomic E-state index is -3.54. The van der Waals surface area contributed by atoms with E-state index in [4.69, 9.17) is 55.1 Å². The SMILES string of the molecule is C=C(COCCOCCCC(=O)CCCS(=O)(=O)CC(=O)CCCCCCCCCCCCCCCc1nn[nH]n1)NCCOCCOCC(=O)CCCOCCOCC(=O)NCCOCCOCC(=O)NCCCC[C@H](C)C(=O)C(C)[C@@H](CCCN=C(N)N)C(=O)N[C@@H](Cc1ccc(O)cc1)C(N)=O. The van der Waals surface area contributed by atoms with Crippen molar-refractivity contribution in [3.05, 3.63) is 47.9 Å². The fourth-order valence-corrected chi connectivity index (χ4v) is 12.4. The Hall–Kier alpha value is -6.91. The van der Waals surface area contributed by atoms with E-state index in [9.17, 15) is 51.9 Å². The average Bonchev–Trinajstić information content (AvgIpc) is 1.27. The van der Waals surface area contributed by atoms with E-state index in [1.54, 1.807) is 26.0 Å². The number of tetrazole rings is 1. The number of carbonyl (C=O) groups is 8. The lowest BCUT2D eigenvalue weighted by molar-refractivity contribution is -0.136. The summed E-state index contributed by atoms with van der Waals surface area (Å²) in [6, 6.07) is 5.14. The first kappa shape index (κ1) is 94.2. The molecule has 0 aliphatic rings.